The summed E-state index contributed by atoms with van der Waals surface area (Å²) in [6.45, 7) is 0.470. The molecule has 4 aliphatic carbocycles. The minimum atomic E-state index is -0.300. The smallest absolute Gasteiger partial charge is 0.306 e. The van der Waals surface area contributed by atoms with Gasteiger partial charge in [0.25, 0.3) is 5.91 Å². The monoisotopic (exact) mass is 399 g/mol. The molecule has 0 aromatic heterocycles. The molecular formula is C23H29NO5. The number of hydrogen-bond acceptors (Lipinski definition) is 5. The third-order valence-electron chi connectivity index (χ3n) is 7.14. The van der Waals surface area contributed by atoms with Crippen molar-refractivity contribution in [1.82, 2.24) is 5.32 Å². The van der Waals surface area contributed by atoms with Crippen LogP contribution in [0, 0.1) is 23.2 Å². The summed E-state index contributed by atoms with van der Waals surface area (Å²) in [5.41, 5.74) is 0.142. The Bertz CT molecular complexity index is 756. The van der Waals surface area contributed by atoms with Crippen LogP contribution in [0.5, 0.6) is 11.5 Å². The van der Waals surface area contributed by atoms with E-state index in [2.05, 4.69) is 5.32 Å². The number of esters is 1. The molecule has 0 radical (unpaired) electrons. The number of ether oxygens (including phenoxy) is 3. The number of nitrogens with one attached hydrogen (secondary N) is 1. The average Bonchev–Trinajstić information content (AvgIpc) is 2.69. The SMILES string of the molecule is O=C(COC(=O)CC12CC3CC(CC(C3)C1)C2)NC[C@@H]1COc2ccccc2O1. The third kappa shape index (κ3) is 4.07. The van der Waals surface area contributed by atoms with Crippen molar-refractivity contribution in [2.24, 2.45) is 23.2 Å². The van der Waals surface area contributed by atoms with Crippen LogP contribution in [-0.4, -0.2) is 37.7 Å². The molecule has 5 aliphatic rings. The predicted molar refractivity (Wildman–Crippen MR) is 106 cm³/mol. The molecule has 1 N–H and O–H groups in total. The molecule has 1 atom stereocenters. The van der Waals surface area contributed by atoms with Gasteiger partial charge in [0, 0.05) is 0 Å². The van der Waals surface area contributed by atoms with Crippen LogP contribution in [0.3, 0.4) is 0 Å². The van der Waals surface area contributed by atoms with E-state index >= 15 is 0 Å². The molecule has 1 amide bonds. The first kappa shape index (κ1) is 18.8. The molecule has 6 heteroatoms. The molecule has 6 rings (SSSR count). The minimum Gasteiger partial charge on any atom is -0.486 e. The number of rotatable bonds is 6. The van der Waals surface area contributed by atoms with Crippen LogP contribution in [-0.2, 0) is 14.3 Å². The lowest BCUT2D eigenvalue weighted by Gasteiger charge is -2.56. The van der Waals surface area contributed by atoms with E-state index in [9.17, 15) is 9.59 Å². The first-order chi connectivity index (χ1) is 14.1. The molecule has 1 heterocycles. The summed E-state index contributed by atoms with van der Waals surface area (Å²) in [6, 6.07) is 7.47. The molecule has 1 aromatic carbocycles. The van der Waals surface area contributed by atoms with E-state index < -0.39 is 0 Å². The standard InChI is InChI=1S/C23H29NO5/c25-21(24-12-18-13-27-19-3-1-2-4-20(19)29-18)14-28-22(26)11-23-8-15-5-16(9-23)7-17(6-15)10-23/h1-4,15-18H,5-14H2,(H,24,25)/t15?,16?,17?,18-,23?/m1/s1. The zero-order chi connectivity index (χ0) is 19.8. The summed E-state index contributed by atoms with van der Waals surface area (Å²) in [5.74, 6) is 3.29. The van der Waals surface area contributed by atoms with E-state index in [1.165, 1.54) is 38.5 Å². The maximum Gasteiger partial charge on any atom is 0.306 e. The van der Waals surface area contributed by atoms with Gasteiger partial charge in [-0.3, -0.25) is 9.59 Å². The number of amides is 1. The second-order valence-electron chi connectivity index (χ2n) is 9.56. The average molecular weight is 399 g/mol. The van der Waals surface area contributed by atoms with Gasteiger partial charge in [-0.15, -0.1) is 0 Å². The Hall–Kier alpha value is -2.24. The highest BCUT2D eigenvalue weighted by Crippen LogP contribution is 2.61. The van der Waals surface area contributed by atoms with Gasteiger partial charge < -0.3 is 19.5 Å². The second kappa shape index (κ2) is 7.54. The fourth-order valence-electron chi connectivity index (χ4n) is 6.45. The van der Waals surface area contributed by atoms with Crippen LogP contribution in [0.2, 0.25) is 0 Å². The quantitative estimate of drug-likeness (QED) is 0.744. The van der Waals surface area contributed by atoms with E-state index in [-0.39, 0.29) is 30.0 Å². The number of fused-ring (bicyclic) bond motifs is 1. The van der Waals surface area contributed by atoms with E-state index in [0.717, 1.165) is 17.8 Å². The molecule has 4 bridgehead atoms. The Kier molecular flexibility index (Phi) is 4.88. The van der Waals surface area contributed by atoms with Gasteiger partial charge in [-0.1, -0.05) is 12.1 Å². The Labute approximate surface area is 171 Å². The lowest BCUT2D eigenvalue weighted by molar-refractivity contribution is -0.155. The summed E-state index contributed by atoms with van der Waals surface area (Å²) in [4.78, 5) is 24.5. The van der Waals surface area contributed by atoms with Crippen molar-refractivity contribution >= 4 is 11.9 Å². The van der Waals surface area contributed by atoms with Crippen LogP contribution in [0.15, 0.2) is 24.3 Å². The van der Waals surface area contributed by atoms with Crippen molar-refractivity contribution in [2.75, 3.05) is 19.8 Å². The fourth-order valence-corrected chi connectivity index (χ4v) is 6.45. The molecule has 4 fully saturated rings. The highest BCUT2D eigenvalue weighted by atomic mass is 16.6. The molecule has 0 saturated heterocycles. The molecule has 29 heavy (non-hydrogen) atoms. The van der Waals surface area contributed by atoms with Crippen molar-refractivity contribution < 1.29 is 23.8 Å². The van der Waals surface area contributed by atoms with Crippen LogP contribution in [0.1, 0.15) is 44.9 Å². The largest absolute Gasteiger partial charge is 0.486 e. The third-order valence-corrected chi connectivity index (χ3v) is 7.14. The number of hydrogen-bond donors (Lipinski definition) is 1. The molecule has 0 spiro atoms. The van der Waals surface area contributed by atoms with Crippen LogP contribution < -0.4 is 14.8 Å². The Morgan fingerprint density at radius 1 is 1.03 bits per heavy atom. The van der Waals surface area contributed by atoms with E-state index in [1.54, 1.807) is 0 Å². The zero-order valence-electron chi connectivity index (χ0n) is 16.7. The summed E-state index contributed by atoms with van der Waals surface area (Å²) >= 11 is 0. The Balaban J connectivity index is 1.05. The highest BCUT2D eigenvalue weighted by Gasteiger charge is 2.51. The maximum absolute atomic E-state index is 12.4. The lowest BCUT2D eigenvalue weighted by Crippen LogP contribution is -2.47. The van der Waals surface area contributed by atoms with Gasteiger partial charge in [-0.05, 0) is 73.8 Å². The first-order valence-electron chi connectivity index (χ1n) is 10.9. The van der Waals surface area contributed by atoms with Crippen molar-refractivity contribution in [2.45, 2.75) is 51.0 Å². The molecule has 4 saturated carbocycles. The Morgan fingerprint density at radius 2 is 1.69 bits per heavy atom. The second-order valence-corrected chi connectivity index (χ2v) is 9.56. The van der Waals surface area contributed by atoms with Crippen molar-refractivity contribution in [1.29, 1.82) is 0 Å². The van der Waals surface area contributed by atoms with E-state index in [4.69, 9.17) is 14.2 Å². The summed E-state index contributed by atoms with van der Waals surface area (Å²) in [7, 11) is 0. The van der Waals surface area contributed by atoms with Gasteiger partial charge in [-0.25, -0.2) is 0 Å². The van der Waals surface area contributed by atoms with Gasteiger partial charge in [0.1, 0.15) is 12.7 Å². The predicted octanol–water partition coefficient (Wildman–Crippen LogP) is 3.09. The van der Waals surface area contributed by atoms with Crippen molar-refractivity contribution in [3.8, 4) is 11.5 Å². The van der Waals surface area contributed by atoms with Crippen molar-refractivity contribution in [3.63, 3.8) is 0 Å². The van der Waals surface area contributed by atoms with Gasteiger partial charge in [0.2, 0.25) is 0 Å². The highest BCUT2D eigenvalue weighted by molar-refractivity contribution is 5.80. The van der Waals surface area contributed by atoms with Crippen molar-refractivity contribution in [3.05, 3.63) is 24.3 Å². The molecule has 1 aromatic rings. The summed E-state index contributed by atoms with van der Waals surface area (Å²) in [6.07, 6.45) is 7.79. The molecule has 156 valence electrons. The van der Waals surface area contributed by atoms with E-state index in [0.29, 0.717) is 31.1 Å². The van der Waals surface area contributed by atoms with Gasteiger partial charge in [0.05, 0.1) is 13.0 Å². The molecule has 0 unspecified atom stereocenters. The first-order valence-corrected chi connectivity index (χ1v) is 10.9. The van der Waals surface area contributed by atoms with Gasteiger partial charge in [-0.2, -0.15) is 0 Å². The normalized spacial score (nSPS) is 33.9. The van der Waals surface area contributed by atoms with Crippen LogP contribution >= 0.6 is 0 Å². The van der Waals surface area contributed by atoms with Gasteiger partial charge in [0.15, 0.2) is 18.1 Å². The maximum atomic E-state index is 12.4. The molecule has 6 nitrogen and oxygen atoms in total. The Morgan fingerprint density at radius 3 is 2.38 bits per heavy atom. The zero-order valence-corrected chi connectivity index (χ0v) is 16.7. The molecule has 1 aliphatic heterocycles. The minimum absolute atomic E-state index is 0.142. The number of carbonyl (C=O) groups excluding carboxylic acids is 2. The topological polar surface area (TPSA) is 73.9 Å². The summed E-state index contributed by atoms with van der Waals surface area (Å²) in [5, 5.41) is 2.78. The number of carbonyl (C=O) groups is 2. The number of para-hydroxylation sites is 2. The van der Waals surface area contributed by atoms with Crippen LogP contribution in [0.4, 0.5) is 0 Å². The van der Waals surface area contributed by atoms with Crippen LogP contribution in [0.25, 0.3) is 0 Å². The fraction of sp³-hybridized carbons (Fsp3) is 0.652. The number of benzene rings is 1. The summed E-state index contributed by atoms with van der Waals surface area (Å²) < 4.78 is 16.8. The van der Waals surface area contributed by atoms with E-state index in [1.807, 2.05) is 24.3 Å². The lowest BCUT2D eigenvalue weighted by atomic mass is 9.49. The molecular weight excluding hydrogens is 370 g/mol. The van der Waals surface area contributed by atoms with Gasteiger partial charge >= 0.3 is 5.97 Å².